The Morgan fingerprint density at radius 2 is 1.76 bits per heavy atom. The third kappa shape index (κ3) is 5.77. The summed E-state index contributed by atoms with van der Waals surface area (Å²) in [5.74, 6) is 1.35. The third-order valence-corrected chi connectivity index (χ3v) is 7.70. The summed E-state index contributed by atoms with van der Waals surface area (Å²) < 4.78 is 5.37. The number of nitrogens with one attached hydrogen (secondary N) is 2. The summed E-state index contributed by atoms with van der Waals surface area (Å²) in [6, 6.07) is 4.24. The topological polar surface area (TPSA) is 99.7 Å². The molecule has 2 aromatic rings. The van der Waals surface area contributed by atoms with Gasteiger partial charge in [0.05, 0.1) is 23.1 Å². The van der Waals surface area contributed by atoms with Crippen molar-refractivity contribution in [3.05, 3.63) is 35.7 Å². The molecule has 4 heterocycles. The lowest BCUT2D eigenvalue weighted by atomic mass is 10.0. The van der Waals surface area contributed by atoms with E-state index in [0.717, 1.165) is 49.0 Å². The number of aromatic nitrogens is 2. The minimum absolute atomic E-state index is 0.110. The monoisotopic (exact) mass is 522 g/mol. The predicted molar refractivity (Wildman–Crippen MR) is 151 cm³/mol. The van der Waals surface area contributed by atoms with Crippen LogP contribution in [-0.4, -0.2) is 60.2 Å². The largest absolute Gasteiger partial charge is 0.381 e. The Hall–Kier alpha value is -3.20. The summed E-state index contributed by atoms with van der Waals surface area (Å²) >= 11 is 0. The summed E-state index contributed by atoms with van der Waals surface area (Å²) in [5, 5.41) is 6.42. The van der Waals surface area contributed by atoms with Crippen LogP contribution >= 0.6 is 0 Å². The minimum Gasteiger partial charge on any atom is -0.381 e. The maximum Gasteiger partial charge on any atom is 0.253 e. The molecule has 38 heavy (non-hydrogen) atoms. The fraction of sp³-hybridized carbons (Fsp3) is 0.586. The van der Waals surface area contributed by atoms with Gasteiger partial charge in [-0.05, 0) is 50.7 Å². The Bertz CT molecular complexity index is 1130. The van der Waals surface area contributed by atoms with Crippen molar-refractivity contribution in [2.24, 2.45) is 0 Å². The Labute approximate surface area is 226 Å². The number of ether oxygens (including phenoxy) is 1. The highest BCUT2D eigenvalue weighted by molar-refractivity contribution is 6.05. The van der Waals surface area contributed by atoms with Gasteiger partial charge in [-0.3, -0.25) is 9.59 Å². The molecule has 9 heteroatoms. The van der Waals surface area contributed by atoms with Crippen LogP contribution in [0.25, 0.3) is 0 Å². The van der Waals surface area contributed by atoms with Gasteiger partial charge in [-0.15, -0.1) is 0 Å². The molecule has 0 spiro atoms. The van der Waals surface area contributed by atoms with Crippen molar-refractivity contribution in [2.45, 2.75) is 90.8 Å². The maximum atomic E-state index is 13.1. The zero-order valence-corrected chi connectivity index (χ0v) is 23.4. The van der Waals surface area contributed by atoms with Gasteiger partial charge in [-0.2, -0.15) is 0 Å². The van der Waals surface area contributed by atoms with Gasteiger partial charge in [-0.1, -0.05) is 33.6 Å². The molecule has 1 aliphatic carbocycles. The van der Waals surface area contributed by atoms with Crippen LogP contribution in [0.3, 0.4) is 0 Å². The molecule has 2 aliphatic heterocycles. The van der Waals surface area contributed by atoms with Crippen molar-refractivity contribution in [1.29, 1.82) is 0 Å². The zero-order valence-electron chi connectivity index (χ0n) is 23.4. The standard InChI is InChI=1S/C27H36N6O3.C2H6/c1-4-21-27(35)32(3)23-16-28-24(14-22(23)33(21)20-7-5-6-8-20)31-25-17(2)13-18(15-29-25)26(34)30-19-9-11-36-12-10-19;1-2/h13-16,19-21H,4-12H2,1-3H3,(H,30,34)(H,28,29,31);1-2H3. The van der Waals surface area contributed by atoms with E-state index in [0.29, 0.717) is 36.5 Å². The van der Waals surface area contributed by atoms with Gasteiger partial charge in [-0.25, -0.2) is 9.97 Å². The summed E-state index contributed by atoms with van der Waals surface area (Å²) in [4.78, 5) is 39.0. The summed E-state index contributed by atoms with van der Waals surface area (Å²) in [7, 11) is 1.83. The van der Waals surface area contributed by atoms with Gasteiger partial charge >= 0.3 is 0 Å². The number of fused-ring (bicyclic) bond motifs is 1. The molecule has 3 aliphatic rings. The van der Waals surface area contributed by atoms with Gasteiger partial charge in [0.1, 0.15) is 17.7 Å². The molecule has 206 valence electrons. The van der Waals surface area contributed by atoms with Crippen molar-refractivity contribution in [3.8, 4) is 0 Å². The number of hydrogen-bond donors (Lipinski definition) is 2. The van der Waals surface area contributed by atoms with Gasteiger partial charge < -0.3 is 25.2 Å². The molecular weight excluding hydrogens is 480 g/mol. The first-order chi connectivity index (χ1) is 18.5. The van der Waals surface area contributed by atoms with Crippen molar-refractivity contribution in [2.75, 3.05) is 35.4 Å². The van der Waals surface area contributed by atoms with Crippen LogP contribution < -0.4 is 20.4 Å². The van der Waals surface area contributed by atoms with Gasteiger partial charge in [0, 0.05) is 44.6 Å². The number of likely N-dealkylation sites (N-methyl/N-ethyl adjacent to an activating group) is 1. The summed E-state index contributed by atoms with van der Waals surface area (Å²) in [5.41, 5.74) is 3.28. The van der Waals surface area contributed by atoms with Crippen molar-refractivity contribution in [3.63, 3.8) is 0 Å². The average Bonchev–Trinajstić information content (AvgIpc) is 3.48. The zero-order chi connectivity index (χ0) is 27.2. The number of carbonyl (C=O) groups is 2. The number of amides is 2. The molecule has 0 radical (unpaired) electrons. The molecule has 0 aromatic carbocycles. The van der Waals surface area contributed by atoms with Crippen LogP contribution in [-0.2, 0) is 9.53 Å². The number of pyridine rings is 2. The maximum absolute atomic E-state index is 13.1. The SMILES string of the molecule is CC.CCC1C(=O)N(C)c2cnc(Nc3ncc(C(=O)NC4CCOCC4)cc3C)cc2N1C1CCCC1. The Balaban J connectivity index is 0.00000164. The Morgan fingerprint density at radius 1 is 1.05 bits per heavy atom. The van der Waals surface area contributed by atoms with Crippen LogP contribution in [0.2, 0.25) is 0 Å². The number of rotatable bonds is 6. The molecule has 1 unspecified atom stereocenters. The highest BCUT2D eigenvalue weighted by atomic mass is 16.5. The number of aryl methyl sites for hydroxylation is 1. The van der Waals surface area contributed by atoms with Gasteiger partial charge in [0.2, 0.25) is 5.91 Å². The molecule has 1 saturated carbocycles. The van der Waals surface area contributed by atoms with E-state index in [9.17, 15) is 9.59 Å². The van der Waals surface area contributed by atoms with Crippen molar-refractivity contribution in [1.82, 2.24) is 15.3 Å². The predicted octanol–water partition coefficient (Wildman–Crippen LogP) is 4.97. The van der Waals surface area contributed by atoms with E-state index in [2.05, 4.69) is 32.4 Å². The minimum atomic E-state index is -0.158. The molecule has 9 nitrogen and oxygen atoms in total. The smallest absolute Gasteiger partial charge is 0.253 e. The van der Waals surface area contributed by atoms with E-state index in [1.54, 1.807) is 17.3 Å². The van der Waals surface area contributed by atoms with Crippen LogP contribution in [0.1, 0.15) is 81.6 Å². The number of hydrogen-bond acceptors (Lipinski definition) is 7. The number of carbonyl (C=O) groups excluding carboxylic acids is 2. The van der Waals surface area contributed by atoms with E-state index >= 15 is 0 Å². The summed E-state index contributed by atoms with van der Waals surface area (Å²) in [6.07, 6.45) is 10.4. The first-order valence-corrected chi connectivity index (χ1v) is 14.1. The normalized spacial score (nSPS) is 20.0. The molecule has 2 fully saturated rings. The third-order valence-electron chi connectivity index (χ3n) is 7.70. The second-order valence-corrected chi connectivity index (χ2v) is 10.1. The average molecular weight is 523 g/mol. The second kappa shape index (κ2) is 12.6. The Morgan fingerprint density at radius 3 is 2.42 bits per heavy atom. The molecule has 5 rings (SSSR count). The number of anilines is 4. The summed E-state index contributed by atoms with van der Waals surface area (Å²) in [6.45, 7) is 9.38. The Kier molecular flexibility index (Phi) is 9.20. The van der Waals surface area contributed by atoms with E-state index in [1.165, 1.54) is 12.8 Å². The molecule has 1 atom stereocenters. The molecule has 2 aromatic heterocycles. The van der Waals surface area contributed by atoms with Gasteiger partial charge in [0.25, 0.3) is 5.91 Å². The van der Waals surface area contributed by atoms with E-state index < -0.39 is 0 Å². The number of nitrogens with zero attached hydrogens (tertiary/aromatic N) is 4. The lowest BCUT2D eigenvalue weighted by Gasteiger charge is -2.44. The van der Waals surface area contributed by atoms with Crippen LogP contribution in [0.4, 0.5) is 23.0 Å². The van der Waals surface area contributed by atoms with Crippen molar-refractivity contribution < 1.29 is 14.3 Å². The van der Waals surface area contributed by atoms with Crippen molar-refractivity contribution >= 4 is 34.8 Å². The first-order valence-electron chi connectivity index (χ1n) is 14.1. The van der Waals surface area contributed by atoms with E-state index in [1.807, 2.05) is 40.0 Å². The molecule has 2 amide bonds. The first kappa shape index (κ1) is 27.8. The molecule has 0 bridgehead atoms. The van der Waals surface area contributed by atoms with Gasteiger partial charge in [0.15, 0.2) is 0 Å². The second-order valence-electron chi connectivity index (χ2n) is 10.1. The van der Waals surface area contributed by atoms with Crippen LogP contribution in [0.15, 0.2) is 24.5 Å². The fourth-order valence-corrected chi connectivity index (χ4v) is 5.67. The van der Waals surface area contributed by atoms with E-state index in [-0.39, 0.29) is 23.9 Å². The quantitative estimate of drug-likeness (QED) is 0.553. The molecule has 1 saturated heterocycles. The van der Waals surface area contributed by atoms with E-state index in [4.69, 9.17) is 4.74 Å². The highest BCUT2D eigenvalue weighted by Gasteiger charge is 2.40. The lowest BCUT2D eigenvalue weighted by molar-refractivity contribution is -0.120. The molecular formula is C29H42N6O3. The fourth-order valence-electron chi connectivity index (χ4n) is 5.67. The lowest BCUT2D eigenvalue weighted by Crippen LogP contribution is -2.55. The molecule has 2 N–H and O–H groups in total. The van der Waals surface area contributed by atoms with Crippen LogP contribution in [0.5, 0.6) is 0 Å². The van der Waals surface area contributed by atoms with Crippen LogP contribution in [0, 0.1) is 6.92 Å². The highest BCUT2D eigenvalue weighted by Crippen LogP contribution is 2.41.